The molecule has 1 aromatic rings. The van der Waals surface area contributed by atoms with Gasteiger partial charge < -0.3 is 15.7 Å². The van der Waals surface area contributed by atoms with Gasteiger partial charge in [0.2, 0.25) is 5.91 Å². The van der Waals surface area contributed by atoms with Gasteiger partial charge >= 0.3 is 0 Å². The lowest BCUT2D eigenvalue weighted by Gasteiger charge is -2.32. The van der Waals surface area contributed by atoms with Gasteiger partial charge in [-0.1, -0.05) is 37.5 Å². The Bertz CT molecular complexity index is 510. The van der Waals surface area contributed by atoms with E-state index in [1.54, 1.807) is 12.1 Å². The molecule has 2 amide bonds. The molecule has 2 rings (SSSR count). The van der Waals surface area contributed by atoms with Gasteiger partial charge in [0.15, 0.2) is 0 Å². The molecule has 0 heterocycles. The van der Waals surface area contributed by atoms with Gasteiger partial charge in [0.1, 0.15) is 0 Å². The van der Waals surface area contributed by atoms with Crippen LogP contribution in [0.2, 0.25) is 0 Å². The highest BCUT2D eigenvalue weighted by molar-refractivity contribution is 5.94. The number of hydrogen-bond acceptors (Lipinski definition) is 3. The molecule has 5 heteroatoms. The lowest BCUT2D eigenvalue weighted by atomic mass is 9.85. The van der Waals surface area contributed by atoms with E-state index < -0.39 is 5.60 Å². The van der Waals surface area contributed by atoms with Gasteiger partial charge in [0.05, 0.1) is 5.60 Å². The Morgan fingerprint density at radius 3 is 2.43 bits per heavy atom. The minimum atomic E-state index is -0.727. The van der Waals surface area contributed by atoms with E-state index in [1.807, 2.05) is 18.2 Å². The summed E-state index contributed by atoms with van der Waals surface area (Å²) < 4.78 is 0. The van der Waals surface area contributed by atoms with Crippen LogP contribution < -0.4 is 10.6 Å². The van der Waals surface area contributed by atoms with Crippen LogP contribution in [0.5, 0.6) is 0 Å². The molecule has 126 valence electrons. The van der Waals surface area contributed by atoms with Crippen LogP contribution in [0.1, 0.15) is 55.3 Å². The summed E-state index contributed by atoms with van der Waals surface area (Å²) >= 11 is 0. The van der Waals surface area contributed by atoms with E-state index in [4.69, 9.17) is 0 Å². The van der Waals surface area contributed by atoms with Crippen molar-refractivity contribution in [3.05, 3.63) is 35.9 Å². The van der Waals surface area contributed by atoms with Gasteiger partial charge in [0.25, 0.3) is 5.91 Å². The third-order valence-corrected chi connectivity index (χ3v) is 4.30. The van der Waals surface area contributed by atoms with Gasteiger partial charge in [-0.05, 0) is 31.4 Å². The van der Waals surface area contributed by atoms with Crippen molar-refractivity contribution in [2.24, 2.45) is 0 Å². The molecule has 1 aromatic carbocycles. The predicted molar refractivity (Wildman–Crippen MR) is 89.1 cm³/mol. The van der Waals surface area contributed by atoms with Gasteiger partial charge in [0, 0.05) is 25.1 Å². The van der Waals surface area contributed by atoms with Gasteiger partial charge in [-0.3, -0.25) is 9.59 Å². The molecule has 1 fully saturated rings. The summed E-state index contributed by atoms with van der Waals surface area (Å²) in [5, 5.41) is 15.9. The lowest BCUT2D eigenvalue weighted by Crippen LogP contribution is -2.44. The van der Waals surface area contributed by atoms with E-state index in [2.05, 4.69) is 10.6 Å². The predicted octanol–water partition coefficient (Wildman–Crippen LogP) is 2.01. The molecule has 1 aliphatic carbocycles. The molecular weight excluding hydrogens is 292 g/mol. The second-order valence-corrected chi connectivity index (χ2v) is 6.29. The SMILES string of the molecule is O=C(CCCNC(=O)c1ccccc1)NCC1(O)CCCCC1. The summed E-state index contributed by atoms with van der Waals surface area (Å²) in [5.74, 6) is -0.194. The van der Waals surface area contributed by atoms with Crippen molar-refractivity contribution in [1.82, 2.24) is 10.6 Å². The van der Waals surface area contributed by atoms with Crippen LogP contribution in [0.15, 0.2) is 30.3 Å². The number of carbonyl (C=O) groups excluding carboxylic acids is 2. The minimum Gasteiger partial charge on any atom is -0.388 e. The zero-order chi connectivity index (χ0) is 16.5. The first kappa shape index (κ1) is 17.5. The first-order valence-electron chi connectivity index (χ1n) is 8.41. The standard InChI is InChI=1S/C18H26N2O3/c21-16(20-14-18(23)11-5-2-6-12-18)10-7-13-19-17(22)15-8-3-1-4-9-15/h1,3-4,8-9,23H,2,5-7,10-14H2,(H,19,22)(H,20,21). The fraction of sp³-hybridized carbons (Fsp3) is 0.556. The Kier molecular flexibility index (Phi) is 6.59. The Hall–Kier alpha value is -1.88. The molecule has 0 spiro atoms. The van der Waals surface area contributed by atoms with E-state index in [9.17, 15) is 14.7 Å². The van der Waals surface area contributed by atoms with E-state index >= 15 is 0 Å². The zero-order valence-corrected chi connectivity index (χ0v) is 13.5. The number of rotatable bonds is 7. The van der Waals surface area contributed by atoms with Crippen LogP contribution in [0.3, 0.4) is 0 Å². The Balaban J connectivity index is 1.59. The average molecular weight is 318 g/mol. The lowest BCUT2D eigenvalue weighted by molar-refractivity contribution is -0.122. The fourth-order valence-corrected chi connectivity index (χ4v) is 2.88. The third kappa shape index (κ3) is 6.02. The first-order valence-corrected chi connectivity index (χ1v) is 8.41. The van der Waals surface area contributed by atoms with Crippen molar-refractivity contribution in [3.63, 3.8) is 0 Å². The minimum absolute atomic E-state index is 0.0713. The average Bonchev–Trinajstić information content (AvgIpc) is 2.58. The number of amides is 2. The molecule has 0 aromatic heterocycles. The zero-order valence-electron chi connectivity index (χ0n) is 13.5. The highest BCUT2D eigenvalue weighted by Crippen LogP contribution is 2.27. The molecule has 23 heavy (non-hydrogen) atoms. The molecule has 3 N–H and O–H groups in total. The molecule has 1 aliphatic rings. The van der Waals surface area contributed by atoms with Crippen LogP contribution in [-0.2, 0) is 4.79 Å². The number of aliphatic hydroxyl groups is 1. The Labute approximate surface area is 137 Å². The number of benzene rings is 1. The van der Waals surface area contributed by atoms with Gasteiger partial charge in [-0.15, -0.1) is 0 Å². The number of hydrogen-bond donors (Lipinski definition) is 3. The van der Waals surface area contributed by atoms with Crippen molar-refractivity contribution in [2.75, 3.05) is 13.1 Å². The highest BCUT2D eigenvalue weighted by atomic mass is 16.3. The van der Waals surface area contributed by atoms with Crippen LogP contribution in [0, 0.1) is 0 Å². The van der Waals surface area contributed by atoms with Crippen molar-refractivity contribution in [3.8, 4) is 0 Å². The maximum absolute atomic E-state index is 11.8. The fourth-order valence-electron chi connectivity index (χ4n) is 2.88. The molecule has 0 atom stereocenters. The summed E-state index contributed by atoms with van der Waals surface area (Å²) in [5.41, 5.74) is -0.105. The third-order valence-electron chi connectivity index (χ3n) is 4.30. The highest BCUT2D eigenvalue weighted by Gasteiger charge is 2.29. The Morgan fingerprint density at radius 2 is 1.74 bits per heavy atom. The number of carbonyl (C=O) groups is 2. The Morgan fingerprint density at radius 1 is 1.04 bits per heavy atom. The smallest absolute Gasteiger partial charge is 0.251 e. The summed E-state index contributed by atoms with van der Waals surface area (Å²) in [6.07, 6.45) is 5.68. The van der Waals surface area contributed by atoms with Crippen molar-refractivity contribution in [1.29, 1.82) is 0 Å². The van der Waals surface area contributed by atoms with Crippen molar-refractivity contribution in [2.45, 2.75) is 50.5 Å². The molecule has 0 aliphatic heterocycles. The molecule has 0 unspecified atom stereocenters. The molecule has 5 nitrogen and oxygen atoms in total. The van der Waals surface area contributed by atoms with E-state index in [0.29, 0.717) is 31.5 Å². The molecule has 1 saturated carbocycles. The first-order chi connectivity index (χ1) is 11.1. The van der Waals surface area contributed by atoms with E-state index in [1.165, 1.54) is 0 Å². The summed E-state index contributed by atoms with van der Waals surface area (Å²) in [4.78, 5) is 23.6. The van der Waals surface area contributed by atoms with Crippen LogP contribution in [0.25, 0.3) is 0 Å². The normalized spacial score (nSPS) is 16.6. The topological polar surface area (TPSA) is 78.4 Å². The van der Waals surface area contributed by atoms with Crippen molar-refractivity contribution < 1.29 is 14.7 Å². The maximum Gasteiger partial charge on any atom is 0.251 e. The number of nitrogens with one attached hydrogen (secondary N) is 2. The van der Waals surface area contributed by atoms with Crippen LogP contribution in [-0.4, -0.2) is 35.6 Å². The van der Waals surface area contributed by atoms with Crippen LogP contribution in [0.4, 0.5) is 0 Å². The molecule has 0 saturated heterocycles. The maximum atomic E-state index is 11.8. The largest absolute Gasteiger partial charge is 0.388 e. The molecule has 0 bridgehead atoms. The van der Waals surface area contributed by atoms with Crippen LogP contribution >= 0.6 is 0 Å². The van der Waals surface area contributed by atoms with Gasteiger partial charge in [-0.25, -0.2) is 0 Å². The molecule has 0 radical (unpaired) electrons. The summed E-state index contributed by atoms with van der Waals surface area (Å²) in [6, 6.07) is 9.01. The molecular formula is C18H26N2O3. The van der Waals surface area contributed by atoms with E-state index in [-0.39, 0.29) is 11.8 Å². The quantitative estimate of drug-likeness (QED) is 0.673. The van der Waals surface area contributed by atoms with E-state index in [0.717, 1.165) is 32.1 Å². The second-order valence-electron chi connectivity index (χ2n) is 6.29. The summed E-state index contributed by atoms with van der Waals surface area (Å²) in [6.45, 7) is 0.799. The van der Waals surface area contributed by atoms with Gasteiger partial charge in [-0.2, -0.15) is 0 Å². The van der Waals surface area contributed by atoms with Crippen molar-refractivity contribution >= 4 is 11.8 Å². The second kappa shape index (κ2) is 8.67. The monoisotopic (exact) mass is 318 g/mol. The summed E-state index contributed by atoms with van der Waals surface area (Å²) in [7, 11) is 0.